The number of ether oxygens (including phenoxy) is 1. The minimum atomic E-state index is -0.161. The Balaban J connectivity index is 1.60. The predicted molar refractivity (Wildman–Crippen MR) is 101 cm³/mol. The molecule has 0 bridgehead atoms. The largest absolute Gasteiger partial charge is 0.381 e. The molecule has 2 amide bonds. The van der Waals surface area contributed by atoms with Gasteiger partial charge in [-0.25, -0.2) is 0 Å². The van der Waals surface area contributed by atoms with Crippen LogP contribution in [0, 0.1) is 0 Å². The number of hydrogen-bond donors (Lipinski definition) is 1. The highest BCUT2D eigenvalue weighted by molar-refractivity contribution is 7.15. The van der Waals surface area contributed by atoms with Crippen molar-refractivity contribution in [2.45, 2.75) is 25.7 Å². The summed E-state index contributed by atoms with van der Waals surface area (Å²) in [6.45, 7) is 3.37. The number of aromatic nitrogens is 2. The van der Waals surface area contributed by atoms with E-state index in [2.05, 4.69) is 15.5 Å². The van der Waals surface area contributed by atoms with Crippen LogP contribution in [0.3, 0.4) is 0 Å². The molecule has 138 valence electrons. The number of nitrogens with zero attached hydrogens (tertiary/aromatic N) is 3. The molecule has 1 N–H and O–H groups in total. The number of amides is 2. The Morgan fingerprint density at radius 3 is 2.88 bits per heavy atom. The van der Waals surface area contributed by atoms with E-state index in [9.17, 15) is 9.59 Å². The summed E-state index contributed by atoms with van der Waals surface area (Å²) >= 11 is 7.21. The van der Waals surface area contributed by atoms with Gasteiger partial charge in [0.1, 0.15) is 5.01 Å². The molecule has 1 aromatic heterocycles. The molecule has 1 aliphatic heterocycles. The number of nitrogens with one attached hydrogen (secondary N) is 1. The second-order valence-corrected chi connectivity index (χ2v) is 7.27. The van der Waals surface area contributed by atoms with Gasteiger partial charge >= 0.3 is 0 Å². The first kappa shape index (κ1) is 18.8. The lowest BCUT2D eigenvalue weighted by atomic mass is 10.1. The van der Waals surface area contributed by atoms with Crippen molar-refractivity contribution in [3.63, 3.8) is 0 Å². The van der Waals surface area contributed by atoms with Crippen molar-refractivity contribution in [3.05, 3.63) is 34.3 Å². The first-order valence-corrected chi connectivity index (χ1v) is 9.53. The zero-order valence-electron chi connectivity index (χ0n) is 14.3. The minimum Gasteiger partial charge on any atom is -0.381 e. The van der Waals surface area contributed by atoms with Crippen molar-refractivity contribution in [2.24, 2.45) is 0 Å². The lowest BCUT2D eigenvalue weighted by Crippen LogP contribution is -2.24. The molecule has 0 spiro atoms. The van der Waals surface area contributed by atoms with Gasteiger partial charge in [0.15, 0.2) is 0 Å². The van der Waals surface area contributed by atoms with E-state index in [4.69, 9.17) is 16.3 Å². The van der Waals surface area contributed by atoms with Gasteiger partial charge in [0.2, 0.25) is 16.9 Å². The van der Waals surface area contributed by atoms with Crippen LogP contribution in [0.15, 0.2) is 24.3 Å². The number of carbonyl (C=O) groups excluding carboxylic acids is 2. The van der Waals surface area contributed by atoms with E-state index in [1.807, 2.05) is 19.1 Å². The predicted octanol–water partition coefficient (Wildman–Crippen LogP) is 3.08. The van der Waals surface area contributed by atoms with E-state index in [1.165, 1.54) is 11.3 Å². The fraction of sp³-hybridized carbons (Fsp3) is 0.412. The number of carbonyl (C=O) groups is 2. The zero-order chi connectivity index (χ0) is 18.5. The molecule has 2 heterocycles. The molecule has 1 aromatic carbocycles. The van der Waals surface area contributed by atoms with Crippen LogP contribution in [0.25, 0.3) is 0 Å². The molecular formula is C17H19ClN4O3S. The average molecular weight is 395 g/mol. The van der Waals surface area contributed by atoms with Crippen molar-refractivity contribution < 1.29 is 14.3 Å². The van der Waals surface area contributed by atoms with E-state index < -0.39 is 0 Å². The Kier molecular flexibility index (Phi) is 6.18. The molecular weight excluding hydrogens is 376 g/mol. The fourth-order valence-electron chi connectivity index (χ4n) is 2.68. The van der Waals surface area contributed by atoms with Crippen LogP contribution in [0.5, 0.6) is 0 Å². The van der Waals surface area contributed by atoms with Crippen LogP contribution >= 0.6 is 22.9 Å². The Morgan fingerprint density at radius 1 is 1.38 bits per heavy atom. The molecule has 1 fully saturated rings. The van der Waals surface area contributed by atoms with Crippen LogP contribution in [-0.4, -0.2) is 41.8 Å². The molecule has 0 saturated carbocycles. The number of hydrogen-bond acceptors (Lipinski definition) is 6. The topological polar surface area (TPSA) is 84.4 Å². The van der Waals surface area contributed by atoms with Gasteiger partial charge in [-0.3, -0.25) is 9.59 Å². The Labute approximate surface area is 160 Å². The Hall–Kier alpha value is -2.03. The van der Waals surface area contributed by atoms with E-state index in [1.54, 1.807) is 17.0 Å². The molecule has 0 radical (unpaired) electrons. The summed E-state index contributed by atoms with van der Waals surface area (Å²) in [5.41, 5.74) is 0.816. The van der Waals surface area contributed by atoms with Crippen LogP contribution < -0.4 is 10.2 Å². The summed E-state index contributed by atoms with van der Waals surface area (Å²) in [6, 6.07) is 7.18. The lowest BCUT2D eigenvalue weighted by molar-refractivity contribution is -0.118. The molecule has 2 aromatic rings. The molecule has 1 saturated heterocycles. The summed E-state index contributed by atoms with van der Waals surface area (Å²) in [5, 5.41) is 12.7. The highest BCUT2D eigenvalue weighted by Gasteiger charge is 2.33. The summed E-state index contributed by atoms with van der Waals surface area (Å²) in [6.07, 6.45) is 0.643. The van der Waals surface area contributed by atoms with Gasteiger partial charge in [0, 0.05) is 36.2 Å². The van der Waals surface area contributed by atoms with Crippen molar-refractivity contribution >= 4 is 45.6 Å². The Morgan fingerprint density at radius 2 is 2.15 bits per heavy atom. The molecule has 0 aliphatic carbocycles. The van der Waals surface area contributed by atoms with Gasteiger partial charge in [0.25, 0.3) is 0 Å². The maximum absolute atomic E-state index is 12.3. The first-order chi connectivity index (χ1) is 12.6. The SMILES string of the molecule is CCOCCC(=O)Nc1nnc(C2CC(=O)N(c3ccc(Cl)cc3)C2)s1. The van der Waals surface area contributed by atoms with E-state index in [0.717, 1.165) is 10.7 Å². The summed E-state index contributed by atoms with van der Waals surface area (Å²) < 4.78 is 5.16. The van der Waals surface area contributed by atoms with Crippen molar-refractivity contribution in [1.29, 1.82) is 0 Å². The summed E-state index contributed by atoms with van der Waals surface area (Å²) in [5.74, 6) is -0.161. The average Bonchev–Trinajstić information content (AvgIpc) is 3.22. The fourth-order valence-corrected chi connectivity index (χ4v) is 3.66. The van der Waals surface area contributed by atoms with Gasteiger partial charge in [-0.15, -0.1) is 10.2 Å². The smallest absolute Gasteiger partial charge is 0.228 e. The van der Waals surface area contributed by atoms with E-state index in [0.29, 0.717) is 36.3 Å². The third kappa shape index (κ3) is 4.57. The number of benzene rings is 1. The van der Waals surface area contributed by atoms with Crippen LogP contribution in [0.4, 0.5) is 10.8 Å². The molecule has 1 unspecified atom stereocenters. The van der Waals surface area contributed by atoms with Gasteiger partial charge in [-0.1, -0.05) is 22.9 Å². The van der Waals surface area contributed by atoms with Crippen LogP contribution in [0.1, 0.15) is 30.7 Å². The third-order valence-corrected chi connectivity index (χ3v) is 5.23. The van der Waals surface area contributed by atoms with Crippen molar-refractivity contribution in [1.82, 2.24) is 10.2 Å². The molecule has 9 heteroatoms. The van der Waals surface area contributed by atoms with Crippen molar-refractivity contribution in [3.8, 4) is 0 Å². The van der Waals surface area contributed by atoms with Gasteiger partial charge in [0.05, 0.1) is 13.0 Å². The maximum Gasteiger partial charge on any atom is 0.228 e. The normalized spacial score (nSPS) is 16.9. The Bertz CT molecular complexity index is 781. The van der Waals surface area contributed by atoms with Crippen molar-refractivity contribution in [2.75, 3.05) is 30.0 Å². The highest BCUT2D eigenvalue weighted by Crippen LogP contribution is 2.34. The van der Waals surface area contributed by atoms with E-state index >= 15 is 0 Å². The number of rotatable bonds is 7. The minimum absolute atomic E-state index is 0.0369. The monoisotopic (exact) mass is 394 g/mol. The van der Waals surface area contributed by atoms with Gasteiger partial charge < -0.3 is 15.0 Å². The molecule has 1 aliphatic rings. The second-order valence-electron chi connectivity index (χ2n) is 5.82. The molecule has 1 atom stereocenters. The quantitative estimate of drug-likeness (QED) is 0.729. The van der Waals surface area contributed by atoms with Crippen LogP contribution in [0.2, 0.25) is 5.02 Å². The van der Waals surface area contributed by atoms with Gasteiger partial charge in [-0.05, 0) is 31.2 Å². The molecule has 26 heavy (non-hydrogen) atoms. The third-order valence-electron chi connectivity index (χ3n) is 3.98. The molecule has 3 rings (SSSR count). The second kappa shape index (κ2) is 8.57. The van der Waals surface area contributed by atoms with Crippen LogP contribution in [-0.2, 0) is 14.3 Å². The standard InChI is InChI=1S/C17H19ClN4O3S/c1-2-25-8-7-14(23)19-17-21-20-16(26-17)11-9-15(24)22(10-11)13-5-3-12(18)4-6-13/h3-6,11H,2,7-10H2,1H3,(H,19,21,23). The zero-order valence-corrected chi connectivity index (χ0v) is 15.8. The highest BCUT2D eigenvalue weighted by atomic mass is 35.5. The lowest BCUT2D eigenvalue weighted by Gasteiger charge is -2.16. The number of halogens is 1. The number of anilines is 2. The molecule has 7 nitrogen and oxygen atoms in total. The summed E-state index contributed by atoms with van der Waals surface area (Å²) in [7, 11) is 0. The van der Waals surface area contributed by atoms with Gasteiger partial charge in [-0.2, -0.15) is 0 Å². The first-order valence-electron chi connectivity index (χ1n) is 8.33. The maximum atomic E-state index is 12.3. The van der Waals surface area contributed by atoms with E-state index in [-0.39, 0.29) is 24.2 Å². The summed E-state index contributed by atoms with van der Waals surface area (Å²) in [4.78, 5) is 25.9.